The topological polar surface area (TPSA) is 67.6 Å². The van der Waals surface area contributed by atoms with E-state index in [0.717, 1.165) is 30.7 Å². The number of benzene rings is 1. The number of rotatable bonds is 3. The van der Waals surface area contributed by atoms with Crippen molar-refractivity contribution >= 4 is 29.1 Å². The average molecular weight is 350 g/mol. The molecule has 1 aromatic heterocycles. The van der Waals surface area contributed by atoms with E-state index in [2.05, 4.69) is 20.6 Å². The molecule has 1 saturated heterocycles. The lowest BCUT2D eigenvalue weighted by molar-refractivity contribution is -0.140. The van der Waals surface area contributed by atoms with E-state index in [0.29, 0.717) is 19.0 Å². The first-order valence-electron chi connectivity index (χ1n) is 9.09. The Kier molecular flexibility index (Phi) is 4.41. The fraction of sp³-hybridized carbons (Fsp3) is 0.400. The molecule has 0 bridgehead atoms. The van der Waals surface area contributed by atoms with Crippen molar-refractivity contribution in [2.45, 2.75) is 26.3 Å². The van der Waals surface area contributed by atoms with Crippen molar-refractivity contribution in [2.75, 3.05) is 13.1 Å². The molecule has 26 heavy (non-hydrogen) atoms. The molecule has 1 unspecified atom stereocenters. The maximum absolute atomic E-state index is 12.6. The summed E-state index contributed by atoms with van der Waals surface area (Å²) in [5, 5.41) is 0. The molecule has 134 valence electrons. The van der Waals surface area contributed by atoms with E-state index in [9.17, 15) is 9.59 Å². The smallest absolute Gasteiger partial charge is 0.262 e. The van der Waals surface area contributed by atoms with Crippen LogP contribution in [0.2, 0.25) is 0 Å². The van der Waals surface area contributed by atoms with Crippen LogP contribution >= 0.6 is 0 Å². The quantitative estimate of drug-likeness (QED) is 0.798. The number of hydrogen-bond acceptors (Lipinski definition) is 3. The Morgan fingerprint density at radius 2 is 2.00 bits per heavy atom. The fourth-order valence-corrected chi connectivity index (χ4v) is 3.85. The lowest BCUT2D eigenvalue weighted by Gasteiger charge is -2.33. The monoisotopic (exact) mass is 350 g/mol. The van der Waals surface area contributed by atoms with Gasteiger partial charge in [-0.3, -0.25) is 9.59 Å². The summed E-state index contributed by atoms with van der Waals surface area (Å²) in [6.07, 6.45) is 6.63. The molecule has 1 aromatic carbocycles. The standard InChI is InChI=1S/C20H22N4O2/c1-14-22-17-6-2-3-7-18(17)24(14)13-15-8-11-23(12-9-15)20(26)16-5-4-10-21-19(16)25/h2-7,10,15-16H,8-9,11-13H2,1H3. The first kappa shape index (κ1) is 16.7. The molecule has 6 heteroatoms. The molecule has 3 heterocycles. The number of carbonyl (C=O) groups is 2. The van der Waals surface area contributed by atoms with Crippen LogP contribution in [0.1, 0.15) is 18.7 Å². The Labute approximate surface area is 152 Å². The van der Waals surface area contributed by atoms with Crippen LogP contribution in [0.5, 0.6) is 0 Å². The van der Waals surface area contributed by atoms with Crippen LogP contribution in [-0.2, 0) is 16.1 Å². The van der Waals surface area contributed by atoms with Gasteiger partial charge in [-0.1, -0.05) is 18.2 Å². The number of aliphatic imine (C=N–C) groups is 1. The summed E-state index contributed by atoms with van der Waals surface area (Å²) in [7, 11) is 0. The van der Waals surface area contributed by atoms with Gasteiger partial charge in [0.2, 0.25) is 5.91 Å². The van der Waals surface area contributed by atoms with E-state index < -0.39 is 5.92 Å². The van der Waals surface area contributed by atoms with Crippen LogP contribution in [0.25, 0.3) is 11.0 Å². The molecule has 2 amide bonds. The number of para-hydroxylation sites is 2. The highest BCUT2D eigenvalue weighted by atomic mass is 16.2. The van der Waals surface area contributed by atoms with E-state index in [-0.39, 0.29) is 11.8 Å². The fourth-order valence-electron chi connectivity index (χ4n) is 3.85. The minimum atomic E-state index is -0.739. The zero-order valence-electron chi connectivity index (χ0n) is 14.8. The summed E-state index contributed by atoms with van der Waals surface area (Å²) in [6, 6.07) is 8.19. The highest BCUT2D eigenvalue weighted by molar-refractivity contribution is 6.07. The summed E-state index contributed by atoms with van der Waals surface area (Å²) >= 11 is 0. The number of imidazole rings is 1. The lowest BCUT2D eigenvalue weighted by Crippen LogP contribution is -2.44. The molecule has 0 spiro atoms. The van der Waals surface area contributed by atoms with Crippen molar-refractivity contribution in [1.82, 2.24) is 14.5 Å². The molecule has 2 aliphatic rings. The molecule has 2 aliphatic heterocycles. The number of aryl methyl sites for hydroxylation is 1. The first-order chi connectivity index (χ1) is 12.6. The third-order valence-corrected chi connectivity index (χ3v) is 5.34. The number of piperidine rings is 1. The summed E-state index contributed by atoms with van der Waals surface area (Å²) < 4.78 is 2.28. The van der Waals surface area contributed by atoms with Crippen molar-refractivity contribution in [3.05, 3.63) is 42.2 Å². The van der Waals surface area contributed by atoms with Gasteiger partial charge in [0.15, 0.2) is 0 Å². The second-order valence-corrected chi connectivity index (χ2v) is 7.01. The maximum atomic E-state index is 12.6. The second-order valence-electron chi connectivity index (χ2n) is 7.01. The van der Waals surface area contributed by atoms with Crippen molar-refractivity contribution < 1.29 is 9.59 Å². The van der Waals surface area contributed by atoms with Crippen molar-refractivity contribution in [1.29, 1.82) is 0 Å². The number of allylic oxidation sites excluding steroid dienone is 1. The van der Waals surface area contributed by atoms with Crippen LogP contribution < -0.4 is 0 Å². The number of nitrogens with zero attached hydrogens (tertiary/aromatic N) is 4. The summed E-state index contributed by atoms with van der Waals surface area (Å²) in [4.78, 5) is 34.6. The second kappa shape index (κ2) is 6.86. The summed E-state index contributed by atoms with van der Waals surface area (Å²) in [5.41, 5.74) is 2.19. The number of aromatic nitrogens is 2. The van der Waals surface area contributed by atoms with Crippen molar-refractivity contribution in [3.63, 3.8) is 0 Å². The number of fused-ring (bicyclic) bond motifs is 1. The largest absolute Gasteiger partial charge is 0.342 e. The molecule has 0 saturated carbocycles. The minimum Gasteiger partial charge on any atom is -0.342 e. The van der Waals surface area contributed by atoms with Gasteiger partial charge in [0.25, 0.3) is 5.91 Å². The Hall–Kier alpha value is -2.76. The molecule has 1 atom stereocenters. The van der Waals surface area contributed by atoms with Gasteiger partial charge in [0, 0.05) is 25.8 Å². The van der Waals surface area contributed by atoms with E-state index in [1.807, 2.05) is 30.0 Å². The van der Waals surface area contributed by atoms with Gasteiger partial charge < -0.3 is 9.47 Å². The minimum absolute atomic E-state index is 0.120. The predicted molar refractivity (Wildman–Crippen MR) is 99.9 cm³/mol. The third kappa shape index (κ3) is 3.07. The van der Waals surface area contributed by atoms with E-state index in [1.54, 1.807) is 12.2 Å². The summed E-state index contributed by atoms with van der Waals surface area (Å²) in [6.45, 7) is 4.34. The number of likely N-dealkylation sites (tertiary alicyclic amines) is 1. The van der Waals surface area contributed by atoms with Gasteiger partial charge in [-0.15, -0.1) is 0 Å². The number of hydrogen-bond donors (Lipinski definition) is 0. The highest BCUT2D eigenvalue weighted by Gasteiger charge is 2.31. The zero-order chi connectivity index (χ0) is 18.1. The van der Waals surface area contributed by atoms with E-state index >= 15 is 0 Å². The SMILES string of the molecule is Cc1nc2ccccc2n1CC1CCN(C(=O)C2C=CC=NC2=O)CC1. The van der Waals surface area contributed by atoms with E-state index in [1.165, 1.54) is 11.7 Å². The Bertz CT molecular complexity index is 904. The Morgan fingerprint density at radius 1 is 1.23 bits per heavy atom. The van der Waals surface area contributed by atoms with Gasteiger partial charge in [-0.05, 0) is 43.9 Å². The van der Waals surface area contributed by atoms with Gasteiger partial charge in [0.05, 0.1) is 11.0 Å². The van der Waals surface area contributed by atoms with Crippen LogP contribution in [0.15, 0.2) is 41.4 Å². The number of carbonyl (C=O) groups excluding carboxylic acids is 2. The van der Waals surface area contributed by atoms with Crippen LogP contribution in [-0.4, -0.2) is 45.6 Å². The molecule has 6 nitrogen and oxygen atoms in total. The normalized spacial score (nSPS) is 20.9. The zero-order valence-corrected chi connectivity index (χ0v) is 14.8. The van der Waals surface area contributed by atoms with Crippen LogP contribution in [0.4, 0.5) is 0 Å². The average Bonchev–Trinajstić information content (AvgIpc) is 2.98. The molecule has 0 N–H and O–H groups in total. The van der Waals surface area contributed by atoms with Crippen molar-refractivity contribution in [2.24, 2.45) is 16.8 Å². The third-order valence-electron chi connectivity index (χ3n) is 5.34. The molecular formula is C20H22N4O2. The van der Waals surface area contributed by atoms with Gasteiger partial charge in [-0.2, -0.15) is 0 Å². The predicted octanol–water partition coefficient (Wildman–Crippen LogP) is 2.37. The van der Waals surface area contributed by atoms with Crippen molar-refractivity contribution in [3.8, 4) is 0 Å². The van der Waals surface area contributed by atoms with Gasteiger partial charge >= 0.3 is 0 Å². The highest BCUT2D eigenvalue weighted by Crippen LogP contribution is 2.24. The van der Waals surface area contributed by atoms with Gasteiger partial charge in [-0.25, -0.2) is 9.98 Å². The summed E-state index contributed by atoms with van der Waals surface area (Å²) in [5.74, 6) is 0.314. The molecule has 1 fully saturated rings. The molecule has 0 aliphatic carbocycles. The Morgan fingerprint density at radius 3 is 2.77 bits per heavy atom. The Balaban J connectivity index is 1.40. The molecule has 0 radical (unpaired) electrons. The van der Waals surface area contributed by atoms with Gasteiger partial charge in [0.1, 0.15) is 11.7 Å². The van der Waals surface area contributed by atoms with Crippen LogP contribution in [0, 0.1) is 18.8 Å². The molecule has 4 rings (SSSR count). The number of amides is 2. The molecule has 2 aromatic rings. The first-order valence-corrected chi connectivity index (χ1v) is 9.09. The van der Waals surface area contributed by atoms with E-state index in [4.69, 9.17) is 0 Å². The lowest BCUT2D eigenvalue weighted by atomic mass is 9.95. The van der Waals surface area contributed by atoms with Crippen LogP contribution in [0.3, 0.4) is 0 Å². The molecular weight excluding hydrogens is 328 g/mol. The maximum Gasteiger partial charge on any atom is 0.262 e. The number of dihydropyridines is 1.